The summed E-state index contributed by atoms with van der Waals surface area (Å²) < 4.78 is 34.1. The van der Waals surface area contributed by atoms with Crippen molar-refractivity contribution < 1.29 is 120 Å². The van der Waals surface area contributed by atoms with E-state index in [9.17, 15) is 0 Å². The quantitative estimate of drug-likeness (QED) is 0.158. The van der Waals surface area contributed by atoms with Gasteiger partial charge in [0, 0.05) is 10.4 Å². The molecule has 0 aliphatic rings. The summed E-state index contributed by atoms with van der Waals surface area (Å²) in [6.07, 6.45) is 23.4. The van der Waals surface area contributed by atoms with Crippen LogP contribution in [-0.2, 0) is 10.4 Å². The zero-order valence-corrected chi connectivity index (χ0v) is 24.4. The molecular weight excluding hydrogens is 390 g/mol. The van der Waals surface area contributed by atoms with Gasteiger partial charge in [-0.15, -0.1) is 0 Å². The summed E-state index contributed by atoms with van der Waals surface area (Å²) in [6.45, 7) is 4.59. The van der Waals surface area contributed by atoms with E-state index in [0.29, 0.717) is 0 Å². The zero-order valence-electron chi connectivity index (χ0n) is 17.4. The van der Waals surface area contributed by atoms with Gasteiger partial charge in [0.05, 0.1) is 0 Å². The molecule has 0 bridgehead atoms. The van der Waals surface area contributed by atoms with Gasteiger partial charge in [-0.25, -0.2) is 0 Å². The van der Waals surface area contributed by atoms with Crippen LogP contribution in [0.3, 0.4) is 0 Å². The Morgan fingerprint density at radius 1 is 0.480 bits per heavy atom. The predicted molar refractivity (Wildman–Crippen MR) is 95.7 cm³/mol. The zero-order chi connectivity index (χ0) is 17.8. The van der Waals surface area contributed by atoms with Gasteiger partial charge < -0.3 is 9.11 Å². The molecule has 0 spiro atoms. The second-order valence-electron chi connectivity index (χ2n) is 6.36. The van der Waals surface area contributed by atoms with E-state index in [0.717, 1.165) is 0 Å². The SMILES string of the molecule is CCCCCCCCCCCCCCCCCC.O=S(=O)([O-])[O-].[K+].[K+]. The third-order valence-electron chi connectivity index (χ3n) is 3.96. The third-order valence-corrected chi connectivity index (χ3v) is 3.96. The van der Waals surface area contributed by atoms with Crippen molar-refractivity contribution >= 4 is 10.4 Å². The summed E-state index contributed by atoms with van der Waals surface area (Å²) >= 11 is 0. The molecule has 0 aromatic rings. The molecule has 4 nitrogen and oxygen atoms in total. The van der Waals surface area contributed by atoms with Crippen molar-refractivity contribution in [3.8, 4) is 0 Å². The Labute approximate surface area is 242 Å². The molecular formula is C18H38K2O4S. The van der Waals surface area contributed by atoms with Gasteiger partial charge in [0.1, 0.15) is 0 Å². The Balaban J connectivity index is -0.000000276. The maximum atomic E-state index is 8.52. The molecule has 0 saturated carbocycles. The van der Waals surface area contributed by atoms with Crippen LogP contribution < -0.4 is 103 Å². The maximum absolute atomic E-state index is 8.52. The molecule has 0 aliphatic carbocycles. The Bertz CT molecular complexity index is 288. The Hall–Kier alpha value is 3.14. The molecule has 142 valence electrons. The average molecular weight is 429 g/mol. The molecule has 0 saturated heterocycles. The van der Waals surface area contributed by atoms with Gasteiger partial charge in [-0.2, -0.15) is 0 Å². The molecule has 0 amide bonds. The van der Waals surface area contributed by atoms with Crippen LogP contribution in [0.4, 0.5) is 0 Å². The molecule has 7 heteroatoms. The molecule has 0 fully saturated rings. The first-order valence-corrected chi connectivity index (χ1v) is 10.9. The maximum Gasteiger partial charge on any atom is 1.00 e. The predicted octanol–water partition coefficient (Wildman–Crippen LogP) is -0.0622. The molecule has 0 radical (unpaired) electrons. The van der Waals surface area contributed by atoms with Crippen molar-refractivity contribution in [2.45, 2.75) is 117 Å². The second kappa shape index (κ2) is 29.3. The van der Waals surface area contributed by atoms with Crippen molar-refractivity contribution in [3.63, 3.8) is 0 Å². The van der Waals surface area contributed by atoms with Crippen LogP contribution in [0.1, 0.15) is 117 Å². The fourth-order valence-corrected chi connectivity index (χ4v) is 2.62. The van der Waals surface area contributed by atoms with Crippen LogP contribution in [0.25, 0.3) is 0 Å². The van der Waals surface area contributed by atoms with Gasteiger partial charge >= 0.3 is 103 Å². The summed E-state index contributed by atoms with van der Waals surface area (Å²) in [5.41, 5.74) is 0. The van der Waals surface area contributed by atoms with Crippen LogP contribution in [0.5, 0.6) is 0 Å². The number of rotatable bonds is 15. The van der Waals surface area contributed by atoms with Crippen LogP contribution in [-0.4, -0.2) is 17.5 Å². The van der Waals surface area contributed by atoms with E-state index < -0.39 is 10.4 Å². The minimum Gasteiger partial charge on any atom is -0.759 e. The molecule has 0 unspecified atom stereocenters. The minimum atomic E-state index is -5.17. The Morgan fingerprint density at radius 3 is 0.720 bits per heavy atom. The van der Waals surface area contributed by atoms with Crippen LogP contribution in [0.2, 0.25) is 0 Å². The van der Waals surface area contributed by atoms with Gasteiger partial charge in [0.15, 0.2) is 0 Å². The normalized spacial score (nSPS) is 10.2. The minimum absolute atomic E-state index is 0. The van der Waals surface area contributed by atoms with E-state index in [-0.39, 0.29) is 103 Å². The fraction of sp³-hybridized carbons (Fsp3) is 1.00. The summed E-state index contributed by atoms with van der Waals surface area (Å²) in [7, 11) is -5.17. The van der Waals surface area contributed by atoms with Gasteiger partial charge in [-0.05, 0) is 0 Å². The van der Waals surface area contributed by atoms with E-state index in [1.807, 2.05) is 0 Å². The molecule has 0 aromatic carbocycles. The molecule has 25 heavy (non-hydrogen) atoms. The summed E-state index contributed by atoms with van der Waals surface area (Å²) in [5, 5.41) is 0. The molecule has 0 heterocycles. The molecule has 0 atom stereocenters. The van der Waals surface area contributed by atoms with Crippen LogP contribution in [0, 0.1) is 0 Å². The first kappa shape index (κ1) is 35.6. The topological polar surface area (TPSA) is 80.3 Å². The van der Waals surface area contributed by atoms with Crippen LogP contribution >= 0.6 is 0 Å². The molecule has 0 aliphatic heterocycles. The van der Waals surface area contributed by atoms with E-state index in [2.05, 4.69) is 13.8 Å². The van der Waals surface area contributed by atoms with Gasteiger partial charge in [0.25, 0.3) is 0 Å². The summed E-state index contributed by atoms with van der Waals surface area (Å²) in [6, 6.07) is 0. The van der Waals surface area contributed by atoms with E-state index >= 15 is 0 Å². The third kappa shape index (κ3) is 52.1. The van der Waals surface area contributed by atoms with Crippen molar-refractivity contribution in [2.24, 2.45) is 0 Å². The van der Waals surface area contributed by atoms with Crippen molar-refractivity contribution in [2.75, 3.05) is 0 Å². The molecule has 0 rings (SSSR count). The largest absolute Gasteiger partial charge is 1.00 e. The van der Waals surface area contributed by atoms with Crippen LogP contribution in [0.15, 0.2) is 0 Å². The Kier molecular flexibility index (Phi) is 41.8. The summed E-state index contributed by atoms with van der Waals surface area (Å²) in [4.78, 5) is 0. The van der Waals surface area contributed by atoms with Crippen molar-refractivity contribution in [3.05, 3.63) is 0 Å². The van der Waals surface area contributed by atoms with E-state index in [4.69, 9.17) is 17.5 Å². The summed E-state index contributed by atoms with van der Waals surface area (Å²) in [5.74, 6) is 0. The first-order valence-electron chi connectivity index (χ1n) is 9.58. The first-order chi connectivity index (χ1) is 10.9. The smallest absolute Gasteiger partial charge is 0.759 e. The van der Waals surface area contributed by atoms with Crippen molar-refractivity contribution in [1.82, 2.24) is 0 Å². The second-order valence-corrected chi connectivity index (χ2v) is 7.17. The van der Waals surface area contributed by atoms with E-state index in [1.54, 1.807) is 0 Å². The fourth-order valence-electron chi connectivity index (χ4n) is 2.62. The number of hydrogen-bond donors (Lipinski definition) is 0. The van der Waals surface area contributed by atoms with Gasteiger partial charge in [-0.1, -0.05) is 117 Å². The molecule has 0 aromatic heterocycles. The number of hydrogen-bond acceptors (Lipinski definition) is 4. The van der Waals surface area contributed by atoms with E-state index in [1.165, 1.54) is 103 Å². The van der Waals surface area contributed by atoms with Gasteiger partial charge in [0.2, 0.25) is 0 Å². The van der Waals surface area contributed by atoms with Gasteiger partial charge in [-0.3, -0.25) is 8.42 Å². The number of unbranched alkanes of at least 4 members (excludes halogenated alkanes) is 15. The monoisotopic (exact) mass is 428 g/mol. The molecule has 0 N–H and O–H groups in total. The Morgan fingerprint density at radius 2 is 0.600 bits per heavy atom. The standard InChI is InChI=1S/C18H38.2K.H2O4S/c1-3-5-7-9-11-13-15-17-18-16-14-12-10-8-6-4-2;;;1-5(2,3)4/h3-18H2,1-2H3;;;(H2,1,2,3,4)/q;2*+1;/p-2. The average Bonchev–Trinajstić information content (AvgIpc) is 2.46. The van der Waals surface area contributed by atoms with Crippen molar-refractivity contribution in [1.29, 1.82) is 0 Å².